The predicted molar refractivity (Wildman–Crippen MR) is 66.5 cm³/mol. The Kier molecular flexibility index (Phi) is 9.00. The summed E-state index contributed by atoms with van der Waals surface area (Å²) in [5.41, 5.74) is 0. The zero-order valence-corrected chi connectivity index (χ0v) is 11.3. The molecular weight excluding hydrogens is 238 g/mol. The number of amides is 1. The Labute approximate surface area is 108 Å². The van der Waals surface area contributed by atoms with E-state index in [1.165, 1.54) is 0 Å². The Morgan fingerprint density at radius 3 is 2.50 bits per heavy atom. The molecule has 1 amide bonds. The molecule has 0 spiro atoms. The largest absolute Gasteiger partial charge is 0.480 e. The van der Waals surface area contributed by atoms with Crippen molar-refractivity contribution in [3.05, 3.63) is 0 Å². The van der Waals surface area contributed by atoms with E-state index in [0.29, 0.717) is 13.2 Å². The monoisotopic (exact) mass is 261 g/mol. The molecule has 106 valence electrons. The van der Waals surface area contributed by atoms with Gasteiger partial charge in [0, 0.05) is 13.0 Å². The summed E-state index contributed by atoms with van der Waals surface area (Å²) < 4.78 is 10.1. The molecule has 0 fully saturated rings. The van der Waals surface area contributed by atoms with E-state index in [1.54, 1.807) is 6.92 Å². The first-order valence-corrected chi connectivity index (χ1v) is 6.28. The van der Waals surface area contributed by atoms with Crippen LogP contribution in [0.4, 0.5) is 4.79 Å². The van der Waals surface area contributed by atoms with Crippen molar-refractivity contribution in [2.45, 2.75) is 52.2 Å². The van der Waals surface area contributed by atoms with Crippen molar-refractivity contribution in [1.29, 1.82) is 0 Å². The summed E-state index contributed by atoms with van der Waals surface area (Å²) in [7, 11) is 0. The molecule has 0 rings (SSSR count). The van der Waals surface area contributed by atoms with Crippen molar-refractivity contribution >= 4 is 12.1 Å². The topological polar surface area (TPSA) is 84.9 Å². The van der Waals surface area contributed by atoms with Gasteiger partial charge in [-0.05, 0) is 20.3 Å². The first-order chi connectivity index (χ1) is 8.51. The fraction of sp³-hybridized carbons (Fsp3) is 0.833. The number of ether oxygens (including phenoxy) is 2. The molecule has 2 atom stereocenters. The number of alkyl carbamates (subject to hydrolysis) is 1. The van der Waals surface area contributed by atoms with Crippen LogP contribution < -0.4 is 5.32 Å². The average Bonchev–Trinajstić information content (AvgIpc) is 2.28. The number of carboxylic acid groups (broad SMARTS) is 1. The molecule has 2 N–H and O–H groups in total. The molecule has 0 aliphatic heterocycles. The number of hydrogen-bond acceptors (Lipinski definition) is 4. The van der Waals surface area contributed by atoms with Crippen LogP contribution in [0, 0.1) is 0 Å². The van der Waals surface area contributed by atoms with Crippen LogP contribution in [0.5, 0.6) is 0 Å². The number of rotatable bonds is 9. The number of carbonyl (C=O) groups excluding carboxylic acids is 1. The van der Waals surface area contributed by atoms with E-state index >= 15 is 0 Å². The van der Waals surface area contributed by atoms with Crippen LogP contribution in [0.2, 0.25) is 0 Å². The molecule has 18 heavy (non-hydrogen) atoms. The van der Waals surface area contributed by atoms with E-state index in [4.69, 9.17) is 14.6 Å². The van der Waals surface area contributed by atoms with Gasteiger partial charge in [-0.25, -0.2) is 9.59 Å². The lowest BCUT2D eigenvalue weighted by atomic mass is 10.1. The third-order valence-electron chi connectivity index (χ3n) is 2.34. The Balaban J connectivity index is 4.10. The van der Waals surface area contributed by atoms with Crippen molar-refractivity contribution in [3.8, 4) is 0 Å². The van der Waals surface area contributed by atoms with Crippen LogP contribution >= 0.6 is 0 Å². The highest BCUT2D eigenvalue weighted by molar-refractivity contribution is 5.79. The predicted octanol–water partition coefficient (Wildman–Crippen LogP) is 1.78. The number of nitrogens with one attached hydrogen (secondary N) is 1. The van der Waals surface area contributed by atoms with E-state index in [1.807, 2.05) is 13.8 Å². The van der Waals surface area contributed by atoms with Crippen LogP contribution in [0.25, 0.3) is 0 Å². The second-order valence-corrected chi connectivity index (χ2v) is 4.03. The van der Waals surface area contributed by atoms with Crippen LogP contribution in [0.15, 0.2) is 0 Å². The Morgan fingerprint density at radius 2 is 2.00 bits per heavy atom. The number of carboxylic acids is 1. The molecule has 0 aromatic rings. The first kappa shape index (κ1) is 16.7. The van der Waals surface area contributed by atoms with Crippen molar-refractivity contribution in [2.75, 3.05) is 13.2 Å². The quantitative estimate of drug-likeness (QED) is 0.618. The third kappa shape index (κ3) is 7.89. The maximum atomic E-state index is 11.3. The summed E-state index contributed by atoms with van der Waals surface area (Å²) in [6.07, 6.45) is 0.968. The van der Waals surface area contributed by atoms with Gasteiger partial charge < -0.3 is 19.9 Å². The molecule has 0 aliphatic carbocycles. The van der Waals surface area contributed by atoms with Gasteiger partial charge in [0.2, 0.25) is 0 Å². The minimum absolute atomic E-state index is 0.214. The molecule has 0 bridgehead atoms. The first-order valence-electron chi connectivity index (χ1n) is 6.28. The average molecular weight is 261 g/mol. The van der Waals surface area contributed by atoms with Gasteiger partial charge in [0.05, 0.1) is 12.7 Å². The van der Waals surface area contributed by atoms with Gasteiger partial charge in [-0.3, -0.25) is 0 Å². The Morgan fingerprint density at radius 1 is 1.33 bits per heavy atom. The van der Waals surface area contributed by atoms with Gasteiger partial charge in [-0.15, -0.1) is 0 Å². The second-order valence-electron chi connectivity index (χ2n) is 4.03. The standard InChI is InChI=1S/C12H23NO5/c1-4-6-7-18-12(16)13-10(11(14)15)8-9(3)17-5-2/h9-10H,4-8H2,1-3H3,(H,13,16)(H,14,15)/t9-,10+/m1/s1. The normalized spacial score (nSPS) is 13.7. The number of aliphatic carboxylic acids is 1. The fourth-order valence-corrected chi connectivity index (χ4v) is 1.40. The zero-order chi connectivity index (χ0) is 14.0. The highest BCUT2D eigenvalue weighted by Gasteiger charge is 2.23. The molecule has 0 aliphatic rings. The van der Waals surface area contributed by atoms with Crippen LogP contribution in [-0.2, 0) is 14.3 Å². The minimum Gasteiger partial charge on any atom is -0.480 e. The van der Waals surface area contributed by atoms with E-state index in [9.17, 15) is 9.59 Å². The summed E-state index contributed by atoms with van der Waals surface area (Å²) in [4.78, 5) is 22.3. The molecular formula is C12H23NO5. The lowest BCUT2D eigenvalue weighted by Gasteiger charge is -2.18. The summed E-state index contributed by atoms with van der Waals surface area (Å²) >= 11 is 0. The lowest BCUT2D eigenvalue weighted by Crippen LogP contribution is -2.43. The molecule has 0 aromatic heterocycles. The highest BCUT2D eigenvalue weighted by Crippen LogP contribution is 2.03. The lowest BCUT2D eigenvalue weighted by molar-refractivity contribution is -0.140. The highest BCUT2D eigenvalue weighted by atomic mass is 16.5. The second kappa shape index (κ2) is 9.70. The number of unbranched alkanes of at least 4 members (excludes halogenated alkanes) is 1. The number of hydrogen-bond donors (Lipinski definition) is 2. The third-order valence-corrected chi connectivity index (χ3v) is 2.34. The zero-order valence-electron chi connectivity index (χ0n) is 11.3. The van der Waals surface area contributed by atoms with E-state index in [2.05, 4.69) is 5.32 Å². The minimum atomic E-state index is -1.09. The Bertz CT molecular complexity index is 257. The van der Waals surface area contributed by atoms with Gasteiger partial charge in [0.25, 0.3) is 0 Å². The number of carbonyl (C=O) groups is 2. The maximum absolute atomic E-state index is 11.3. The summed E-state index contributed by atoms with van der Waals surface area (Å²) in [6, 6.07) is -0.985. The van der Waals surface area contributed by atoms with Gasteiger partial charge in [0.15, 0.2) is 0 Å². The van der Waals surface area contributed by atoms with E-state index in [0.717, 1.165) is 12.8 Å². The molecule has 0 radical (unpaired) electrons. The molecule has 0 heterocycles. The Hall–Kier alpha value is -1.30. The summed E-state index contributed by atoms with van der Waals surface area (Å²) in [6.45, 7) is 6.39. The summed E-state index contributed by atoms with van der Waals surface area (Å²) in [5, 5.41) is 11.3. The maximum Gasteiger partial charge on any atom is 0.407 e. The molecule has 0 saturated carbocycles. The molecule has 0 saturated heterocycles. The van der Waals surface area contributed by atoms with Gasteiger partial charge in [-0.1, -0.05) is 13.3 Å². The van der Waals surface area contributed by atoms with Crippen LogP contribution in [0.1, 0.15) is 40.0 Å². The molecule has 0 unspecified atom stereocenters. The van der Waals surface area contributed by atoms with E-state index in [-0.39, 0.29) is 12.5 Å². The van der Waals surface area contributed by atoms with Gasteiger partial charge in [-0.2, -0.15) is 0 Å². The molecule has 6 heteroatoms. The molecule has 6 nitrogen and oxygen atoms in total. The molecule has 0 aromatic carbocycles. The smallest absolute Gasteiger partial charge is 0.407 e. The van der Waals surface area contributed by atoms with Crippen LogP contribution in [-0.4, -0.2) is 42.5 Å². The van der Waals surface area contributed by atoms with Crippen molar-refractivity contribution in [1.82, 2.24) is 5.32 Å². The van der Waals surface area contributed by atoms with Gasteiger partial charge in [0.1, 0.15) is 6.04 Å². The van der Waals surface area contributed by atoms with E-state index < -0.39 is 18.1 Å². The van der Waals surface area contributed by atoms with Crippen molar-refractivity contribution in [3.63, 3.8) is 0 Å². The summed E-state index contributed by atoms with van der Waals surface area (Å²) in [5.74, 6) is -1.09. The van der Waals surface area contributed by atoms with Crippen LogP contribution in [0.3, 0.4) is 0 Å². The SMILES string of the molecule is CCCCOC(=O)N[C@@H](C[C@@H](C)OCC)C(=O)O. The fourth-order valence-electron chi connectivity index (χ4n) is 1.40. The van der Waals surface area contributed by atoms with Crippen molar-refractivity contribution in [2.24, 2.45) is 0 Å². The van der Waals surface area contributed by atoms with Gasteiger partial charge >= 0.3 is 12.1 Å². The van der Waals surface area contributed by atoms with Crippen molar-refractivity contribution < 1.29 is 24.2 Å².